The Morgan fingerprint density at radius 2 is 2.00 bits per heavy atom. The third-order valence-corrected chi connectivity index (χ3v) is 4.91. The second kappa shape index (κ2) is 8.32. The van der Waals surface area contributed by atoms with Crippen molar-refractivity contribution in [1.29, 1.82) is 0 Å². The van der Waals surface area contributed by atoms with Gasteiger partial charge in [0, 0.05) is 37.6 Å². The molecular weight excluding hydrogens is 382 g/mol. The molecule has 0 radical (unpaired) electrons. The summed E-state index contributed by atoms with van der Waals surface area (Å²) in [6.45, 7) is 3.31. The van der Waals surface area contributed by atoms with E-state index in [1.165, 1.54) is 19.5 Å². The van der Waals surface area contributed by atoms with E-state index < -0.39 is 0 Å². The molecule has 3 aromatic heterocycles. The smallest absolute Gasteiger partial charge is 0.328 e. The lowest BCUT2D eigenvalue weighted by molar-refractivity contribution is 0.256. The number of anilines is 3. The molecule has 0 bridgehead atoms. The second-order valence-corrected chi connectivity index (χ2v) is 7.03. The summed E-state index contributed by atoms with van der Waals surface area (Å²) in [5.41, 5.74) is 3.56. The van der Waals surface area contributed by atoms with Gasteiger partial charge < -0.3 is 9.64 Å². The van der Waals surface area contributed by atoms with Crippen LogP contribution in [0.1, 0.15) is 12.1 Å². The molecule has 154 valence electrons. The van der Waals surface area contributed by atoms with Gasteiger partial charge in [-0.3, -0.25) is 15.2 Å². The molecule has 9 nitrogen and oxygen atoms in total. The van der Waals surface area contributed by atoms with E-state index in [0.717, 1.165) is 35.6 Å². The predicted molar refractivity (Wildman–Crippen MR) is 115 cm³/mol. The molecule has 1 aliphatic rings. The summed E-state index contributed by atoms with van der Waals surface area (Å²) in [5.74, 6) is 1.34. The average molecular weight is 405 g/mol. The first kappa shape index (κ1) is 19.6. The molecule has 4 heterocycles. The fraction of sp³-hybridized carbons (Fsp3) is 0.286. The Kier molecular flexibility index (Phi) is 5.42. The van der Waals surface area contributed by atoms with Crippen molar-refractivity contribution >= 4 is 23.4 Å². The highest BCUT2D eigenvalue weighted by Gasteiger charge is 2.26. The largest absolute Gasteiger partial charge is 0.480 e. The molecule has 9 heteroatoms. The molecule has 1 N–H and O–H groups in total. The van der Waals surface area contributed by atoms with E-state index in [2.05, 4.69) is 25.2 Å². The number of pyridine rings is 2. The van der Waals surface area contributed by atoms with Crippen molar-refractivity contribution in [3.05, 3.63) is 48.5 Å². The molecule has 4 rings (SSSR count). The van der Waals surface area contributed by atoms with Crippen molar-refractivity contribution in [2.45, 2.75) is 13.3 Å². The SMILES string of the molecule is COc1cnc(NC(=O)N2CCCN(C)c3ccc(-c4ccnc(C)c4)nc32)cn1. The first-order chi connectivity index (χ1) is 14.5. The molecule has 3 aromatic rings. The van der Waals surface area contributed by atoms with Crippen LogP contribution < -0.4 is 19.9 Å². The molecule has 0 unspecified atom stereocenters. The zero-order chi connectivity index (χ0) is 21.1. The number of rotatable bonds is 3. The fourth-order valence-electron chi connectivity index (χ4n) is 3.36. The van der Waals surface area contributed by atoms with Crippen LogP contribution in [-0.4, -0.2) is 53.2 Å². The van der Waals surface area contributed by atoms with Crippen molar-refractivity contribution in [2.24, 2.45) is 0 Å². The highest BCUT2D eigenvalue weighted by Crippen LogP contribution is 2.33. The molecule has 0 aliphatic carbocycles. The Labute approximate surface area is 174 Å². The van der Waals surface area contributed by atoms with Crippen LogP contribution >= 0.6 is 0 Å². The number of carbonyl (C=O) groups excluding carboxylic acids is 1. The molecule has 0 aromatic carbocycles. The van der Waals surface area contributed by atoms with E-state index in [4.69, 9.17) is 9.72 Å². The molecule has 1 aliphatic heterocycles. The van der Waals surface area contributed by atoms with Gasteiger partial charge in [0.2, 0.25) is 5.88 Å². The molecule has 30 heavy (non-hydrogen) atoms. The average Bonchev–Trinajstić information content (AvgIpc) is 2.93. The van der Waals surface area contributed by atoms with Gasteiger partial charge in [-0.2, -0.15) is 0 Å². The number of ether oxygens (including phenoxy) is 1. The molecule has 0 spiro atoms. The van der Waals surface area contributed by atoms with E-state index >= 15 is 0 Å². The van der Waals surface area contributed by atoms with Crippen molar-refractivity contribution < 1.29 is 9.53 Å². The van der Waals surface area contributed by atoms with Crippen LogP contribution in [0.3, 0.4) is 0 Å². The fourth-order valence-corrected chi connectivity index (χ4v) is 3.36. The maximum atomic E-state index is 13.1. The molecule has 0 saturated heterocycles. The van der Waals surface area contributed by atoms with Crippen LogP contribution in [0.25, 0.3) is 11.3 Å². The highest BCUT2D eigenvalue weighted by atomic mass is 16.5. The van der Waals surface area contributed by atoms with Crippen LogP contribution in [0, 0.1) is 6.92 Å². The maximum Gasteiger partial charge on any atom is 0.328 e. The van der Waals surface area contributed by atoms with E-state index in [1.807, 2.05) is 38.2 Å². The van der Waals surface area contributed by atoms with Crippen LogP contribution in [0.5, 0.6) is 5.88 Å². The third-order valence-electron chi connectivity index (χ3n) is 4.91. The summed E-state index contributed by atoms with van der Waals surface area (Å²) in [5, 5.41) is 2.80. The van der Waals surface area contributed by atoms with E-state index in [0.29, 0.717) is 24.1 Å². The van der Waals surface area contributed by atoms with Gasteiger partial charge in [0.15, 0.2) is 11.6 Å². The minimum absolute atomic E-state index is 0.304. The number of fused-ring (bicyclic) bond motifs is 1. The summed E-state index contributed by atoms with van der Waals surface area (Å²) in [7, 11) is 3.52. The maximum absolute atomic E-state index is 13.1. The number of nitrogens with one attached hydrogen (secondary N) is 1. The lowest BCUT2D eigenvalue weighted by Gasteiger charge is -2.24. The van der Waals surface area contributed by atoms with E-state index in [9.17, 15) is 4.79 Å². The Morgan fingerprint density at radius 1 is 1.13 bits per heavy atom. The Balaban J connectivity index is 1.68. The lowest BCUT2D eigenvalue weighted by atomic mass is 10.1. The van der Waals surface area contributed by atoms with Gasteiger partial charge in [-0.25, -0.2) is 19.7 Å². The number of amides is 2. The zero-order valence-corrected chi connectivity index (χ0v) is 17.2. The van der Waals surface area contributed by atoms with Gasteiger partial charge in [0.25, 0.3) is 0 Å². The first-order valence-corrected chi connectivity index (χ1v) is 9.65. The van der Waals surface area contributed by atoms with Gasteiger partial charge >= 0.3 is 6.03 Å². The van der Waals surface area contributed by atoms with Crippen molar-refractivity contribution in [1.82, 2.24) is 19.9 Å². The summed E-state index contributed by atoms with van der Waals surface area (Å²) >= 11 is 0. The summed E-state index contributed by atoms with van der Waals surface area (Å²) < 4.78 is 5.01. The topological polar surface area (TPSA) is 96.4 Å². The molecule has 0 fully saturated rings. The van der Waals surface area contributed by atoms with Gasteiger partial charge in [0.05, 0.1) is 30.9 Å². The molecule has 2 amide bonds. The minimum atomic E-state index is -0.304. The van der Waals surface area contributed by atoms with Gasteiger partial charge in [-0.15, -0.1) is 0 Å². The van der Waals surface area contributed by atoms with Gasteiger partial charge in [-0.05, 0) is 37.6 Å². The first-order valence-electron chi connectivity index (χ1n) is 9.65. The Morgan fingerprint density at radius 3 is 2.73 bits per heavy atom. The number of urea groups is 1. The molecule has 0 atom stereocenters. The number of aromatic nitrogens is 4. The van der Waals surface area contributed by atoms with Gasteiger partial charge in [0.1, 0.15) is 0 Å². The Hall–Kier alpha value is -3.75. The summed E-state index contributed by atoms with van der Waals surface area (Å²) in [6.07, 6.45) is 5.50. The Bertz CT molecular complexity index is 1060. The van der Waals surface area contributed by atoms with Crippen LogP contribution in [-0.2, 0) is 0 Å². The lowest BCUT2D eigenvalue weighted by Crippen LogP contribution is -2.36. The number of hydrogen-bond acceptors (Lipinski definition) is 7. The van der Waals surface area contributed by atoms with Crippen LogP contribution in [0.15, 0.2) is 42.9 Å². The summed E-state index contributed by atoms with van der Waals surface area (Å²) in [4.78, 5) is 34.2. The normalized spacial score (nSPS) is 13.4. The zero-order valence-electron chi connectivity index (χ0n) is 17.2. The molecular formula is C21H23N7O2. The number of nitrogens with zero attached hydrogens (tertiary/aromatic N) is 6. The van der Waals surface area contributed by atoms with E-state index in [1.54, 1.807) is 11.1 Å². The second-order valence-electron chi connectivity index (χ2n) is 7.03. The standard InChI is InChI=1S/C21H23N7O2/c1-14-11-15(7-8-22-14)16-5-6-17-20(25-16)28(10-4-9-27(17)2)21(29)26-18-12-24-19(30-3)13-23-18/h5-8,11-13H,4,9-10H2,1-3H3,(H,23,26,29). The quantitative estimate of drug-likeness (QED) is 0.715. The number of hydrogen-bond donors (Lipinski definition) is 1. The summed E-state index contributed by atoms with van der Waals surface area (Å²) in [6, 6.07) is 7.57. The van der Waals surface area contributed by atoms with Crippen molar-refractivity contribution in [3.63, 3.8) is 0 Å². The number of aryl methyl sites for hydroxylation is 1. The predicted octanol–water partition coefficient (Wildman–Crippen LogP) is 3.13. The van der Waals surface area contributed by atoms with E-state index in [-0.39, 0.29) is 6.03 Å². The third kappa shape index (κ3) is 4.00. The van der Waals surface area contributed by atoms with Crippen molar-refractivity contribution in [3.8, 4) is 17.1 Å². The minimum Gasteiger partial charge on any atom is -0.480 e. The monoisotopic (exact) mass is 405 g/mol. The number of carbonyl (C=O) groups is 1. The number of methoxy groups -OCH3 is 1. The van der Waals surface area contributed by atoms with Crippen LogP contribution in [0.4, 0.5) is 22.1 Å². The highest BCUT2D eigenvalue weighted by molar-refractivity contribution is 6.02. The van der Waals surface area contributed by atoms with Crippen molar-refractivity contribution in [2.75, 3.05) is 42.4 Å². The van der Waals surface area contributed by atoms with Crippen LogP contribution in [0.2, 0.25) is 0 Å². The molecule has 0 saturated carbocycles. The van der Waals surface area contributed by atoms with Gasteiger partial charge in [-0.1, -0.05) is 0 Å².